The molecule has 0 unspecified atom stereocenters. The van der Waals surface area contributed by atoms with E-state index in [1.165, 1.54) is 11.1 Å². The molecule has 0 saturated carbocycles. The van der Waals surface area contributed by atoms with Crippen LogP contribution in [0.3, 0.4) is 0 Å². The van der Waals surface area contributed by atoms with E-state index < -0.39 is 0 Å². The second-order valence-corrected chi connectivity index (χ2v) is 6.95. The minimum atomic E-state index is -0.299. The number of nitrogens with one attached hydrogen (secondary N) is 1. The summed E-state index contributed by atoms with van der Waals surface area (Å²) < 4.78 is 0. The molecule has 2 heteroatoms. The largest absolute Gasteiger partial charge is 0.319 e. The summed E-state index contributed by atoms with van der Waals surface area (Å²) in [7, 11) is 0. The lowest BCUT2D eigenvalue weighted by Gasteiger charge is -2.22. The summed E-state index contributed by atoms with van der Waals surface area (Å²) in [4.78, 5) is 0. The van der Waals surface area contributed by atoms with Crippen LogP contribution in [-0.2, 0) is 0 Å². The first kappa shape index (κ1) is 19.4. The fourth-order valence-electron chi connectivity index (χ4n) is 2.65. The third kappa shape index (κ3) is 6.96. The first-order valence-electron chi connectivity index (χ1n) is 8.55. The van der Waals surface area contributed by atoms with Crippen molar-refractivity contribution >= 4 is 5.71 Å². The van der Waals surface area contributed by atoms with Crippen LogP contribution in [-0.4, -0.2) is 11.8 Å². The van der Waals surface area contributed by atoms with Crippen LogP contribution in [0, 0.1) is 11.3 Å². The van der Waals surface area contributed by atoms with Gasteiger partial charge in [-0.25, -0.2) is 0 Å². The molecule has 0 heterocycles. The Hall–Kier alpha value is -1.67. The molecular weight excluding hydrogens is 280 g/mol. The molecule has 0 saturated heterocycles. The average molecular weight is 313 g/mol. The molecule has 1 aliphatic carbocycles. The number of allylic oxidation sites excluding steroid dienone is 6. The predicted octanol–water partition coefficient (Wildman–Crippen LogP) is 5.49. The van der Waals surface area contributed by atoms with E-state index in [-0.39, 0.29) is 6.04 Å². The molecular formula is C21H32N2. The van der Waals surface area contributed by atoms with Crippen molar-refractivity contribution in [3.05, 3.63) is 59.8 Å². The second-order valence-electron chi connectivity index (χ2n) is 6.95. The molecule has 0 radical (unpaired) electrons. The Labute approximate surface area is 142 Å². The molecule has 0 spiro atoms. The summed E-state index contributed by atoms with van der Waals surface area (Å²) in [5.41, 5.74) is 11.0. The van der Waals surface area contributed by atoms with Gasteiger partial charge in [0.2, 0.25) is 0 Å². The highest BCUT2D eigenvalue weighted by atomic mass is 14.7. The van der Waals surface area contributed by atoms with Gasteiger partial charge in [-0.2, -0.15) is 0 Å². The molecule has 0 aliphatic heterocycles. The molecule has 1 atom stereocenters. The van der Waals surface area contributed by atoms with Crippen LogP contribution in [0.2, 0.25) is 0 Å². The minimum absolute atomic E-state index is 0.299. The Bertz CT molecular complexity index is 544. The van der Waals surface area contributed by atoms with Gasteiger partial charge in [0.05, 0.1) is 11.8 Å². The molecule has 1 aliphatic rings. The standard InChI is InChI=1S/C21H32N2/c1-15(2)10-8-6-7-9-11-17(5)19-13-18(12-16(3)4)14-20(22)21(19)23/h6-7,13-14,16,20,23H,1,5,8-12,22H2,2-4H3/b7-6+,23-21?/t20-/m0/s1. The molecule has 0 amide bonds. The van der Waals surface area contributed by atoms with Crippen molar-refractivity contribution < 1.29 is 0 Å². The molecule has 1 rings (SSSR count). The molecule has 126 valence electrons. The Morgan fingerprint density at radius 3 is 2.43 bits per heavy atom. The van der Waals surface area contributed by atoms with Gasteiger partial charge in [-0.3, -0.25) is 0 Å². The van der Waals surface area contributed by atoms with Crippen molar-refractivity contribution in [2.75, 3.05) is 0 Å². The molecule has 0 aromatic heterocycles. The quantitative estimate of drug-likeness (QED) is 0.543. The SMILES string of the molecule is C=C(C)CC/C=C/CCC(=C)C1=CC(CC(C)C)=C[C@H](N)C1=N. The lowest BCUT2D eigenvalue weighted by atomic mass is 9.85. The van der Waals surface area contributed by atoms with Gasteiger partial charge in [0.15, 0.2) is 0 Å². The maximum absolute atomic E-state index is 8.22. The highest BCUT2D eigenvalue weighted by Crippen LogP contribution is 2.26. The molecule has 2 nitrogen and oxygen atoms in total. The smallest absolute Gasteiger partial charge is 0.0660 e. The lowest BCUT2D eigenvalue weighted by molar-refractivity contribution is 0.647. The van der Waals surface area contributed by atoms with E-state index >= 15 is 0 Å². The molecule has 0 aromatic carbocycles. The summed E-state index contributed by atoms with van der Waals surface area (Å²) in [6.45, 7) is 14.5. The Kier molecular flexibility index (Phi) is 7.97. The first-order valence-corrected chi connectivity index (χ1v) is 8.55. The highest BCUT2D eigenvalue weighted by molar-refractivity contribution is 6.07. The zero-order valence-electron chi connectivity index (χ0n) is 15.0. The van der Waals surface area contributed by atoms with E-state index in [1.807, 2.05) is 6.08 Å². The number of hydrogen-bond donors (Lipinski definition) is 2. The third-order valence-corrected chi connectivity index (χ3v) is 3.89. The molecule has 0 fully saturated rings. The minimum Gasteiger partial charge on any atom is -0.319 e. The van der Waals surface area contributed by atoms with Gasteiger partial charge in [0.1, 0.15) is 0 Å². The van der Waals surface area contributed by atoms with Crippen molar-refractivity contribution in [3.8, 4) is 0 Å². The Morgan fingerprint density at radius 2 is 1.87 bits per heavy atom. The summed E-state index contributed by atoms with van der Waals surface area (Å²) in [5, 5.41) is 8.22. The summed E-state index contributed by atoms with van der Waals surface area (Å²) in [6, 6.07) is -0.299. The van der Waals surface area contributed by atoms with E-state index in [0.717, 1.165) is 43.3 Å². The predicted molar refractivity (Wildman–Crippen MR) is 103 cm³/mol. The van der Waals surface area contributed by atoms with E-state index in [9.17, 15) is 0 Å². The van der Waals surface area contributed by atoms with Crippen molar-refractivity contribution in [1.29, 1.82) is 5.41 Å². The zero-order chi connectivity index (χ0) is 17.4. The maximum Gasteiger partial charge on any atom is 0.0660 e. The highest BCUT2D eigenvalue weighted by Gasteiger charge is 2.20. The number of nitrogens with two attached hydrogens (primary N) is 1. The average Bonchev–Trinajstić information content (AvgIpc) is 2.45. The van der Waals surface area contributed by atoms with Gasteiger partial charge in [0.25, 0.3) is 0 Å². The van der Waals surface area contributed by atoms with Crippen LogP contribution in [0.25, 0.3) is 0 Å². The van der Waals surface area contributed by atoms with Gasteiger partial charge in [-0.15, -0.1) is 6.58 Å². The van der Waals surface area contributed by atoms with Crippen molar-refractivity contribution in [3.63, 3.8) is 0 Å². The molecule has 23 heavy (non-hydrogen) atoms. The van der Waals surface area contributed by atoms with Crippen LogP contribution in [0.1, 0.15) is 52.9 Å². The molecule has 3 N–H and O–H groups in total. The monoisotopic (exact) mass is 312 g/mol. The van der Waals surface area contributed by atoms with E-state index in [0.29, 0.717) is 11.6 Å². The summed E-state index contributed by atoms with van der Waals surface area (Å²) in [6.07, 6.45) is 13.5. The summed E-state index contributed by atoms with van der Waals surface area (Å²) in [5.74, 6) is 0.586. The fraction of sp³-hybridized carbons (Fsp3) is 0.476. The van der Waals surface area contributed by atoms with Crippen LogP contribution in [0.4, 0.5) is 0 Å². The van der Waals surface area contributed by atoms with Crippen LogP contribution < -0.4 is 5.73 Å². The fourth-order valence-corrected chi connectivity index (χ4v) is 2.65. The van der Waals surface area contributed by atoms with E-state index in [4.69, 9.17) is 11.1 Å². The van der Waals surface area contributed by atoms with Gasteiger partial charge < -0.3 is 11.1 Å². The molecule has 0 bridgehead atoms. The normalized spacial score (nSPS) is 18.3. The van der Waals surface area contributed by atoms with Crippen LogP contribution in [0.15, 0.2) is 59.8 Å². The van der Waals surface area contributed by atoms with Gasteiger partial charge in [-0.05, 0) is 62.2 Å². The van der Waals surface area contributed by atoms with Crippen molar-refractivity contribution in [2.24, 2.45) is 11.7 Å². The first-order chi connectivity index (χ1) is 10.8. The zero-order valence-corrected chi connectivity index (χ0v) is 15.0. The van der Waals surface area contributed by atoms with Crippen LogP contribution in [0.5, 0.6) is 0 Å². The summed E-state index contributed by atoms with van der Waals surface area (Å²) >= 11 is 0. The van der Waals surface area contributed by atoms with Gasteiger partial charge in [-0.1, -0.05) is 44.2 Å². The number of rotatable bonds is 9. The Morgan fingerprint density at radius 1 is 1.26 bits per heavy atom. The second kappa shape index (κ2) is 9.46. The maximum atomic E-state index is 8.22. The van der Waals surface area contributed by atoms with E-state index in [1.54, 1.807) is 0 Å². The van der Waals surface area contributed by atoms with E-state index in [2.05, 4.69) is 52.2 Å². The lowest BCUT2D eigenvalue weighted by Crippen LogP contribution is -2.32. The third-order valence-electron chi connectivity index (χ3n) is 3.89. The van der Waals surface area contributed by atoms with Crippen molar-refractivity contribution in [1.82, 2.24) is 0 Å². The van der Waals surface area contributed by atoms with Gasteiger partial charge in [0, 0.05) is 5.57 Å². The Balaban J connectivity index is 2.59. The molecule has 0 aromatic rings. The number of hydrogen-bond acceptors (Lipinski definition) is 2. The van der Waals surface area contributed by atoms with Gasteiger partial charge >= 0.3 is 0 Å². The van der Waals surface area contributed by atoms with Crippen LogP contribution >= 0.6 is 0 Å². The van der Waals surface area contributed by atoms with Crippen molar-refractivity contribution in [2.45, 2.75) is 58.9 Å². The topological polar surface area (TPSA) is 49.9 Å².